The van der Waals surface area contributed by atoms with Gasteiger partial charge >= 0.3 is 0 Å². The van der Waals surface area contributed by atoms with Crippen LogP contribution in [0.4, 0.5) is 0 Å². The number of nitrogens with zero attached hydrogens (tertiary/aromatic N) is 3. The molecule has 0 aliphatic carbocycles. The van der Waals surface area contributed by atoms with Gasteiger partial charge in [-0.25, -0.2) is 12.7 Å². The van der Waals surface area contributed by atoms with Gasteiger partial charge in [0.1, 0.15) is 0 Å². The van der Waals surface area contributed by atoms with Crippen LogP contribution in [0.3, 0.4) is 0 Å². The van der Waals surface area contributed by atoms with E-state index in [9.17, 15) is 13.2 Å². The van der Waals surface area contributed by atoms with Crippen LogP contribution in [0, 0.1) is 0 Å². The van der Waals surface area contributed by atoms with Gasteiger partial charge in [0.05, 0.1) is 11.3 Å². The second kappa shape index (κ2) is 6.32. The number of aromatic nitrogens is 1. The minimum absolute atomic E-state index is 0.0890. The fourth-order valence-corrected chi connectivity index (χ4v) is 3.36. The van der Waals surface area contributed by atoms with Crippen molar-refractivity contribution in [3.05, 3.63) is 30.1 Å². The molecule has 0 unspecified atom stereocenters. The molecule has 1 aliphatic rings. The Bertz CT molecular complexity index is 559. The van der Waals surface area contributed by atoms with Gasteiger partial charge in [0.15, 0.2) is 0 Å². The minimum atomic E-state index is -3.18. The Labute approximate surface area is 119 Å². The number of carbonyl (C=O) groups excluding carboxylic acids is 1. The summed E-state index contributed by atoms with van der Waals surface area (Å²) in [6.07, 6.45) is 3.81. The van der Waals surface area contributed by atoms with Gasteiger partial charge in [-0.15, -0.1) is 0 Å². The van der Waals surface area contributed by atoms with E-state index < -0.39 is 10.0 Å². The summed E-state index contributed by atoms with van der Waals surface area (Å²) < 4.78 is 25.2. The predicted molar refractivity (Wildman–Crippen MR) is 75.8 cm³/mol. The van der Waals surface area contributed by atoms with Crippen LogP contribution in [0.5, 0.6) is 0 Å². The van der Waals surface area contributed by atoms with Crippen LogP contribution in [0.2, 0.25) is 0 Å². The Hall–Kier alpha value is -1.47. The van der Waals surface area contributed by atoms with Crippen molar-refractivity contribution in [2.75, 3.05) is 31.9 Å². The maximum absolute atomic E-state index is 12.3. The third-order valence-corrected chi connectivity index (χ3v) is 5.29. The number of carbonyl (C=O) groups is 1. The summed E-state index contributed by atoms with van der Waals surface area (Å²) in [5.74, 6) is 0.0117. The van der Waals surface area contributed by atoms with Gasteiger partial charge in [0.2, 0.25) is 10.0 Å². The lowest BCUT2D eigenvalue weighted by atomic mass is 10.2. The highest BCUT2D eigenvalue weighted by molar-refractivity contribution is 7.89. The summed E-state index contributed by atoms with van der Waals surface area (Å²) in [4.78, 5) is 17.9. The number of pyridine rings is 1. The highest BCUT2D eigenvalue weighted by atomic mass is 32.2. The first-order chi connectivity index (χ1) is 9.54. The van der Waals surface area contributed by atoms with Gasteiger partial charge in [-0.2, -0.15) is 0 Å². The van der Waals surface area contributed by atoms with Crippen molar-refractivity contribution in [3.63, 3.8) is 0 Å². The molecule has 0 atom stereocenters. The number of sulfonamides is 1. The molecule has 1 aromatic rings. The molecule has 0 bridgehead atoms. The molecule has 0 radical (unpaired) electrons. The third kappa shape index (κ3) is 3.34. The van der Waals surface area contributed by atoms with E-state index in [0.717, 1.165) is 0 Å². The maximum Gasteiger partial charge on any atom is 0.255 e. The molecule has 1 fully saturated rings. The van der Waals surface area contributed by atoms with E-state index in [2.05, 4.69) is 4.98 Å². The molecule has 7 heteroatoms. The molecule has 1 aromatic heterocycles. The van der Waals surface area contributed by atoms with Crippen molar-refractivity contribution in [1.29, 1.82) is 0 Å². The largest absolute Gasteiger partial charge is 0.337 e. The first kappa shape index (κ1) is 14.9. The molecular weight excluding hydrogens is 278 g/mol. The Balaban J connectivity index is 2.05. The van der Waals surface area contributed by atoms with E-state index in [-0.39, 0.29) is 11.7 Å². The van der Waals surface area contributed by atoms with Crippen molar-refractivity contribution >= 4 is 15.9 Å². The van der Waals surface area contributed by atoms with Gasteiger partial charge in [-0.1, -0.05) is 0 Å². The molecule has 0 saturated carbocycles. The first-order valence-electron chi connectivity index (χ1n) is 6.71. The molecule has 2 heterocycles. The van der Waals surface area contributed by atoms with Crippen molar-refractivity contribution in [3.8, 4) is 0 Å². The quantitative estimate of drug-likeness (QED) is 0.818. The second-order valence-corrected chi connectivity index (χ2v) is 6.94. The zero-order valence-electron chi connectivity index (χ0n) is 11.5. The Morgan fingerprint density at radius 1 is 1.30 bits per heavy atom. The average molecular weight is 297 g/mol. The molecule has 1 amide bonds. The molecule has 1 aliphatic heterocycles. The summed E-state index contributed by atoms with van der Waals surface area (Å²) in [6.45, 7) is 3.48. The van der Waals surface area contributed by atoms with Crippen LogP contribution in [0.1, 0.15) is 23.7 Å². The van der Waals surface area contributed by atoms with E-state index >= 15 is 0 Å². The lowest BCUT2D eigenvalue weighted by Gasteiger charge is -2.21. The number of rotatable bonds is 3. The standard InChI is InChI=1S/C13H19N3O3S/c1-2-20(18,19)16-8-4-7-15(9-10-16)13(17)12-5-3-6-14-11-12/h3,5-6,11H,2,4,7-10H2,1H3. The molecule has 0 aromatic carbocycles. The van der Waals surface area contributed by atoms with Gasteiger partial charge < -0.3 is 4.90 Å². The Kier molecular flexibility index (Phi) is 4.72. The minimum Gasteiger partial charge on any atom is -0.337 e. The van der Waals surface area contributed by atoms with Crippen LogP contribution in [-0.2, 0) is 10.0 Å². The SMILES string of the molecule is CCS(=O)(=O)N1CCCN(C(=O)c2cccnc2)CC1. The third-order valence-electron chi connectivity index (χ3n) is 3.41. The average Bonchev–Trinajstić information content (AvgIpc) is 2.74. The molecule has 0 N–H and O–H groups in total. The van der Waals surface area contributed by atoms with Crippen molar-refractivity contribution in [2.24, 2.45) is 0 Å². The van der Waals surface area contributed by atoms with Crippen LogP contribution < -0.4 is 0 Å². The van der Waals surface area contributed by atoms with Crippen LogP contribution in [0.25, 0.3) is 0 Å². The van der Waals surface area contributed by atoms with Crippen LogP contribution in [0.15, 0.2) is 24.5 Å². The van der Waals surface area contributed by atoms with E-state index in [0.29, 0.717) is 38.2 Å². The van der Waals surface area contributed by atoms with Crippen LogP contribution in [-0.4, -0.2) is 60.4 Å². The normalized spacial score (nSPS) is 17.8. The monoisotopic (exact) mass is 297 g/mol. The number of amides is 1. The number of hydrogen-bond donors (Lipinski definition) is 0. The summed E-state index contributed by atoms with van der Waals surface area (Å²) in [6, 6.07) is 3.44. The molecule has 110 valence electrons. The molecule has 0 spiro atoms. The zero-order valence-corrected chi connectivity index (χ0v) is 12.3. The predicted octanol–water partition coefficient (Wildman–Crippen LogP) is 0.579. The Morgan fingerprint density at radius 3 is 2.75 bits per heavy atom. The highest BCUT2D eigenvalue weighted by Crippen LogP contribution is 2.11. The topological polar surface area (TPSA) is 70.6 Å². The number of hydrogen-bond acceptors (Lipinski definition) is 4. The van der Waals surface area contributed by atoms with Gasteiger partial charge in [-0.05, 0) is 25.5 Å². The molecule has 6 nitrogen and oxygen atoms in total. The zero-order chi connectivity index (χ0) is 14.6. The fourth-order valence-electron chi connectivity index (χ4n) is 2.23. The lowest BCUT2D eigenvalue weighted by molar-refractivity contribution is 0.0764. The van der Waals surface area contributed by atoms with Gasteiger partial charge in [0, 0.05) is 38.6 Å². The van der Waals surface area contributed by atoms with Gasteiger partial charge in [-0.3, -0.25) is 9.78 Å². The molecule has 1 saturated heterocycles. The summed E-state index contributed by atoms with van der Waals surface area (Å²) >= 11 is 0. The molecule has 20 heavy (non-hydrogen) atoms. The summed E-state index contributed by atoms with van der Waals surface area (Å²) in [7, 11) is -3.18. The van der Waals surface area contributed by atoms with Crippen molar-refractivity contribution in [1.82, 2.24) is 14.2 Å². The summed E-state index contributed by atoms with van der Waals surface area (Å²) in [5, 5.41) is 0. The maximum atomic E-state index is 12.3. The second-order valence-electron chi connectivity index (χ2n) is 4.69. The fraction of sp³-hybridized carbons (Fsp3) is 0.538. The van der Waals surface area contributed by atoms with Crippen molar-refractivity contribution in [2.45, 2.75) is 13.3 Å². The van der Waals surface area contributed by atoms with E-state index in [1.54, 1.807) is 30.2 Å². The van der Waals surface area contributed by atoms with E-state index in [1.807, 2.05) is 0 Å². The van der Waals surface area contributed by atoms with Crippen molar-refractivity contribution < 1.29 is 13.2 Å². The highest BCUT2D eigenvalue weighted by Gasteiger charge is 2.25. The Morgan fingerprint density at radius 2 is 2.10 bits per heavy atom. The molecular formula is C13H19N3O3S. The van der Waals surface area contributed by atoms with E-state index in [4.69, 9.17) is 0 Å². The first-order valence-corrected chi connectivity index (χ1v) is 8.32. The molecule has 2 rings (SSSR count). The van der Waals surface area contributed by atoms with Gasteiger partial charge in [0.25, 0.3) is 5.91 Å². The smallest absolute Gasteiger partial charge is 0.255 e. The van der Waals surface area contributed by atoms with Crippen LogP contribution >= 0.6 is 0 Å². The lowest BCUT2D eigenvalue weighted by Crippen LogP contribution is -2.37. The summed E-state index contributed by atoms with van der Waals surface area (Å²) in [5.41, 5.74) is 0.541. The van der Waals surface area contributed by atoms with E-state index in [1.165, 1.54) is 10.5 Å².